The second-order valence-corrected chi connectivity index (χ2v) is 15.9. The largest absolute Gasteiger partial charge is 0.465 e. The predicted molar refractivity (Wildman–Crippen MR) is 200 cm³/mol. The summed E-state index contributed by atoms with van der Waals surface area (Å²) in [7, 11) is -3.43. The van der Waals surface area contributed by atoms with E-state index in [1.165, 1.54) is 180 Å². The molecular weight excluding hydrogens is 591 g/mol. The highest BCUT2D eigenvalue weighted by molar-refractivity contribution is 7.54. The fraction of sp³-hybridized carbons (Fsp3) is 0.975. The van der Waals surface area contributed by atoms with E-state index in [-0.39, 0.29) is 12.8 Å². The van der Waals surface area contributed by atoms with E-state index in [0.717, 1.165) is 25.7 Å². The molecule has 276 valence electrons. The topological polar surface area (TPSA) is 61.8 Å². The molecule has 0 aliphatic heterocycles. The maximum absolute atomic E-state index is 13.0. The molecule has 0 aliphatic rings. The molecular formula is C40H81O5P. The highest BCUT2D eigenvalue weighted by atomic mass is 31.2. The molecule has 1 unspecified atom stereocenters. The van der Waals surface area contributed by atoms with Crippen LogP contribution in [-0.2, 0) is 23.1 Å². The van der Waals surface area contributed by atoms with E-state index in [9.17, 15) is 9.36 Å². The average Bonchev–Trinajstić information content (AvgIpc) is 3.04. The van der Waals surface area contributed by atoms with E-state index >= 15 is 0 Å². The van der Waals surface area contributed by atoms with Crippen molar-refractivity contribution in [2.45, 2.75) is 226 Å². The Morgan fingerprint density at radius 1 is 0.391 bits per heavy atom. The van der Waals surface area contributed by atoms with Crippen molar-refractivity contribution in [3.8, 4) is 0 Å². The zero-order valence-electron chi connectivity index (χ0n) is 31.4. The first-order valence-corrected chi connectivity index (χ1v) is 22.3. The van der Waals surface area contributed by atoms with E-state index in [0.29, 0.717) is 13.2 Å². The van der Waals surface area contributed by atoms with Gasteiger partial charge in [-0.25, -0.2) is 0 Å². The van der Waals surface area contributed by atoms with Gasteiger partial charge in [0, 0.05) is 0 Å². The Kier molecular flexibility index (Phi) is 37.1. The van der Waals surface area contributed by atoms with Gasteiger partial charge >= 0.3 is 13.6 Å². The van der Waals surface area contributed by atoms with Crippen molar-refractivity contribution in [2.75, 3.05) is 26.0 Å². The molecule has 0 radical (unpaired) electrons. The maximum atomic E-state index is 13.0. The molecule has 0 aromatic heterocycles. The number of carbonyl (C=O) groups excluding carboxylic acids is 1. The van der Waals surface area contributed by atoms with Crippen LogP contribution < -0.4 is 0 Å². The average molecular weight is 673 g/mol. The van der Waals surface area contributed by atoms with Gasteiger partial charge in [-0.05, 0) is 19.8 Å². The molecule has 0 saturated heterocycles. The molecule has 0 rings (SSSR count). The second kappa shape index (κ2) is 37.4. The predicted octanol–water partition coefficient (Wildman–Crippen LogP) is 14.3. The first-order chi connectivity index (χ1) is 22.6. The highest BCUT2D eigenvalue weighted by Gasteiger charge is 2.29. The Balaban J connectivity index is 3.59. The van der Waals surface area contributed by atoms with Gasteiger partial charge in [0.25, 0.3) is 0 Å². The second-order valence-electron chi connectivity index (χ2n) is 13.8. The molecule has 6 heteroatoms. The molecule has 0 fully saturated rings. The number of esters is 1. The van der Waals surface area contributed by atoms with Gasteiger partial charge in [0.2, 0.25) is 0 Å². The van der Waals surface area contributed by atoms with Gasteiger partial charge in [0.15, 0.2) is 0 Å². The number of rotatable bonds is 39. The quantitative estimate of drug-likeness (QED) is 0.0369. The van der Waals surface area contributed by atoms with E-state index in [1.54, 1.807) is 6.92 Å². The molecule has 5 nitrogen and oxygen atoms in total. The van der Waals surface area contributed by atoms with Gasteiger partial charge in [-0.3, -0.25) is 9.36 Å². The summed E-state index contributed by atoms with van der Waals surface area (Å²) >= 11 is 0. The fourth-order valence-corrected chi connectivity index (χ4v) is 7.68. The maximum Gasteiger partial charge on any atom is 0.341 e. The first kappa shape index (κ1) is 45.6. The zero-order chi connectivity index (χ0) is 33.7. The number of unbranched alkanes of at least 4 members (excludes halogenated alkanes) is 30. The Morgan fingerprint density at radius 2 is 0.674 bits per heavy atom. The third-order valence-electron chi connectivity index (χ3n) is 9.20. The Bertz CT molecular complexity index is 656. The van der Waals surface area contributed by atoms with Crippen molar-refractivity contribution in [1.82, 2.24) is 0 Å². The zero-order valence-corrected chi connectivity index (χ0v) is 32.3. The van der Waals surface area contributed by atoms with Crippen LogP contribution in [0.2, 0.25) is 0 Å². The van der Waals surface area contributed by atoms with Crippen molar-refractivity contribution in [1.29, 1.82) is 0 Å². The molecule has 0 saturated carbocycles. The monoisotopic (exact) mass is 673 g/mol. The summed E-state index contributed by atoms with van der Waals surface area (Å²) in [6.45, 7) is 7.38. The van der Waals surface area contributed by atoms with E-state index in [4.69, 9.17) is 13.8 Å². The smallest absolute Gasteiger partial charge is 0.341 e. The Morgan fingerprint density at radius 3 is 0.978 bits per heavy atom. The summed E-state index contributed by atoms with van der Waals surface area (Å²) in [6.07, 6.45) is 41.8. The molecule has 0 aliphatic carbocycles. The summed E-state index contributed by atoms with van der Waals surface area (Å²) in [5, 5.41) is 0. The number of carbonyl (C=O) groups is 1. The third-order valence-corrected chi connectivity index (χ3v) is 11.1. The lowest BCUT2D eigenvalue weighted by Gasteiger charge is -2.17. The lowest BCUT2D eigenvalue weighted by Crippen LogP contribution is -2.14. The third kappa shape index (κ3) is 34.9. The van der Waals surface area contributed by atoms with Gasteiger partial charge in [-0.2, -0.15) is 0 Å². The summed E-state index contributed by atoms with van der Waals surface area (Å²) < 4.78 is 29.4. The minimum Gasteiger partial charge on any atom is -0.465 e. The lowest BCUT2D eigenvalue weighted by atomic mass is 10.0. The van der Waals surface area contributed by atoms with Crippen LogP contribution in [0, 0.1) is 0 Å². The Hall–Kier alpha value is -0.380. The lowest BCUT2D eigenvalue weighted by molar-refractivity contribution is -0.141. The van der Waals surface area contributed by atoms with Crippen LogP contribution in [0.3, 0.4) is 0 Å². The number of hydrogen-bond acceptors (Lipinski definition) is 5. The fourth-order valence-electron chi connectivity index (χ4n) is 6.22. The summed E-state index contributed by atoms with van der Waals surface area (Å²) in [5.41, 5.74) is 0. The van der Waals surface area contributed by atoms with Crippen molar-refractivity contribution in [3.63, 3.8) is 0 Å². The van der Waals surface area contributed by atoms with E-state index < -0.39 is 13.6 Å². The highest BCUT2D eigenvalue weighted by Crippen LogP contribution is 2.48. The molecule has 0 bridgehead atoms. The van der Waals surface area contributed by atoms with Crippen LogP contribution >= 0.6 is 7.60 Å². The molecule has 1 atom stereocenters. The normalized spacial score (nSPS) is 12.8. The standard InChI is InChI=1S/C40H81O5P/c1-4-7-9-11-13-15-17-19-21-23-25-27-29-31-33-35-37-43-40(41)39-46(42,44-6-3)45-38-36-34-32-30-28-26-24-22-20-18-16-14-12-10-8-5-2/h4-39H2,1-3H3. The van der Waals surface area contributed by atoms with Crippen molar-refractivity contribution in [2.24, 2.45) is 0 Å². The molecule has 0 amide bonds. The Labute approximate surface area is 288 Å². The van der Waals surface area contributed by atoms with Crippen LogP contribution in [0.5, 0.6) is 0 Å². The van der Waals surface area contributed by atoms with Crippen LogP contribution in [0.4, 0.5) is 0 Å². The van der Waals surface area contributed by atoms with E-state index in [2.05, 4.69) is 13.8 Å². The van der Waals surface area contributed by atoms with Crippen LogP contribution in [-0.4, -0.2) is 32.0 Å². The summed E-state index contributed by atoms with van der Waals surface area (Å²) in [5.74, 6) is -0.468. The molecule has 46 heavy (non-hydrogen) atoms. The van der Waals surface area contributed by atoms with Crippen molar-refractivity contribution < 1.29 is 23.1 Å². The SMILES string of the molecule is CCCCCCCCCCCCCCCCCCOC(=O)CP(=O)(OCC)OCCCCCCCCCCCCCCCCCC. The van der Waals surface area contributed by atoms with Gasteiger partial charge < -0.3 is 13.8 Å². The minimum absolute atomic E-state index is 0.267. The molecule has 0 heterocycles. The minimum atomic E-state index is -3.43. The van der Waals surface area contributed by atoms with Crippen molar-refractivity contribution in [3.05, 3.63) is 0 Å². The van der Waals surface area contributed by atoms with Crippen LogP contribution in [0.25, 0.3) is 0 Å². The van der Waals surface area contributed by atoms with Gasteiger partial charge in [0.05, 0.1) is 19.8 Å². The number of hydrogen-bond donors (Lipinski definition) is 0. The molecule has 0 aromatic carbocycles. The molecule has 0 spiro atoms. The number of ether oxygens (including phenoxy) is 1. The first-order valence-electron chi connectivity index (χ1n) is 20.6. The van der Waals surface area contributed by atoms with Gasteiger partial charge in [0.1, 0.15) is 6.16 Å². The summed E-state index contributed by atoms with van der Waals surface area (Å²) in [6, 6.07) is 0. The van der Waals surface area contributed by atoms with Gasteiger partial charge in [-0.1, -0.05) is 206 Å². The van der Waals surface area contributed by atoms with Crippen LogP contribution in [0.1, 0.15) is 226 Å². The summed E-state index contributed by atoms with van der Waals surface area (Å²) in [4.78, 5) is 12.3. The molecule has 0 N–H and O–H groups in total. The van der Waals surface area contributed by atoms with E-state index in [1.807, 2.05) is 0 Å². The van der Waals surface area contributed by atoms with Gasteiger partial charge in [-0.15, -0.1) is 0 Å². The van der Waals surface area contributed by atoms with Crippen molar-refractivity contribution >= 4 is 13.6 Å². The van der Waals surface area contributed by atoms with Crippen LogP contribution in [0.15, 0.2) is 0 Å². The molecule has 0 aromatic rings.